The quantitative estimate of drug-likeness (QED) is 0.736. The summed E-state index contributed by atoms with van der Waals surface area (Å²) in [6.07, 6.45) is 2.75. The molecule has 2 aromatic rings. The third-order valence-electron chi connectivity index (χ3n) is 6.16. The van der Waals surface area contributed by atoms with Gasteiger partial charge in [0, 0.05) is 38.0 Å². The molecule has 1 aromatic heterocycles. The summed E-state index contributed by atoms with van der Waals surface area (Å²) in [6.45, 7) is 5.84. The predicted octanol–water partition coefficient (Wildman–Crippen LogP) is 2.49. The number of sulfonamides is 1. The van der Waals surface area contributed by atoms with Gasteiger partial charge in [-0.05, 0) is 51.7 Å². The SMILES string of the molecule is Cc1ccc(S(=O)(=O)N2CCC(C(=O)N3CCC(c4nc(C)no4)CC3)CC2)cc1. The number of likely N-dealkylation sites (tertiary alicyclic amines) is 1. The van der Waals surface area contributed by atoms with Gasteiger partial charge in [0.15, 0.2) is 5.82 Å². The van der Waals surface area contributed by atoms with Crippen LogP contribution in [0.25, 0.3) is 0 Å². The van der Waals surface area contributed by atoms with E-state index in [2.05, 4.69) is 10.1 Å². The van der Waals surface area contributed by atoms with Crippen LogP contribution in [0.15, 0.2) is 33.7 Å². The topological polar surface area (TPSA) is 96.6 Å². The molecule has 3 heterocycles. The highest BCUT2D eigenvalue weighted by Crippen LogP contribution is 2.30. The number of amides is 1. The van der Waals surface area contributed by atoms with Crippen molar-refractivity contribution >= 4 is 15.9 Å². The van der Waals surface area contributed by atoms with Crippen LogP contribution in [0.5, 0.6) is 0 Å². The highest BCUT2D eigenvalue weighted by Gasteiger charge is 2.35. The lowest BCUT2D eigenvalue weighted by atomic mass is 9.92. The Morgan fingerprint density at radius 2 is 1.63 bits per heavy atom. The number of carbonyl (C=O) groups is 1. The minimum absolute atomic E-state index is 0.114. The predicted molar refractivity (Wildman–Crippen MR) is 110 cm³/mol. The molecule has 0 N–H and O–H groups in total. The van der Waals surface area contributed by atoms with E-state index in [1.54, 1.807) is 19.1 Å². The molecule has 2 saturated heterocycles. The summed E-state index contributed by atoms with van der Waals surface area (Å²) >= 11 is 0. The van der Waals surface area contributed by atoms with E-state index in [9.17, 15) is 13.2 Å². The Balaban J connectivity index is 1.31. The zero-order valence-corrected chi connectivity index (χ0v) is 18.3. The summed E-state index contributed by atoms with van der Waals surface area (Å²) in [5, 5.41) is 3.85. The molecule has 0 radical (unpaired) electrons. The summed E-state index contributed by atoms with van der Waals surface area (Å²) in [4.78, 5) is 19.5. The molecule has 0 unspecified atom stereocenters. The second-order valence-corrected chi connectivity index (χ2v) is 10.2. The van der Waals surface area contributed by atoms with Crippen molar-refractivity contribution in [1.29, 1.82) is 0 Å². The molecule has 0 aliphatic carbocycles. The molecule has 162 valence electrons. The average molecular weight is 433 g/mol. The fourth-order valence-electron chi connectivity index (χ4n) is 4.29. The number of hydrogen-bond donors (Lipinski definition) is 0. The maximum absolute atomic E-state index is 13.0. The van der Waals surface area contributed by atoms with Gasteiger partial charge >= 0.3 is 0 Å². The minimum Gasteiger partial charge on any atom is -0.342 e. The van der Waals surface area contributed by atoms with E-state index in [0.717, 1.165) is 18.4 Å². The third kappa shape index (κ3) is 4.27. The number of benzene rings is 1. The molecule has 8 nitrogen and oxygen atoms in total. The van der Waals surface area contributed by atoms with Crippen molar-refractivity contribution in [3.63, 3.8) is 0 Å². The Labute approximate surface area is 177 Å². The van der Waals surface area contributed by atoms with Crippen LogP contribution in [-0.4, -0.2) is 59.8 Å². The second-order valence-electron chi connectivity index (χ2n) is 8.27. The van der Waals surface area contributed by atoms with E-state index in [4.69, 9.17) is 4.52 Å². The highest BCUT2D eigenvalue weighted by molar-refractivity contribution is 7.89. The molecular formula is C21H28N4O4S. The van der Waals surface area contributed by atoms with Crippen LogP contribution in [0, 0.1) is 19.8 Å². The number of aromatic nitrogens is 2. The van der Waals surface area contributed by atoms with Crippen molar-refractivity contribution in [2.24, 2.45) is 5.92 Å². The number of hydrogen-bond acceptors (Lipinski definition) is 6. The monoisotopic (exact) mass is 432 g/mol. The first-order valence-corrected chi connectivity index (χ1v) is 11.9. The van der Waals surface area contributed by atoms with Gasteiger partial charge in [-0.25, -0.2) is 8.42 Å². The maximum atomic E-state index is 13.0. The zero-order chi connectivity index (χ0) is 21.3. The van der Waals surface area contributed by atoms with Gasteiger partial charge in [0.25, 0.3) is 0 Å². The summed E-state index contributed by atoms with van der Waals surface area (Å²) in [6, 6.07) is 6.92. The lowest BCUT2D eigenvalue weighted by Crippen LogP contribution is -2.46. The average Bonchev–Trinajstić information content (AvgIpc) is 3.20. The minimum atomic E-state index is -3.50. The van der Waals surface area contributed by atoms with E-state index in [1.807, 2.05) is 24.0 Å². The van der Waals surface area contributed by atoms with Crippen molar-refractivity contribution in [2.75, 3.05) is 26.2 Å². The Kier molecular flexibility index (Phi) is 5.92. The van der Waals surface area contributed by atoms with E-state index in [-0.39, 0.29) is 17.7 Å². The van der Waals surface area contributed by atoms with Gasteiger partial charge in [-0.2, -0.15) is 9.29 Å². The Bertz CT molecular complexity index is 986. The van der Waals surface area contributed by atoms with Gasteiger partial charge < -0.3 is 9.42 Å². The van der Waals surface area contributed by atoms with E-state index < -0.39 is 10.0 Å². The van der Waals surface area contributed by atoms with Crippen LogP contribution in [0.2, 0.25) is 0 Å². The molecule has 2 fully saturated rings. The van der Waals surface area contributed by atoms with Gasteiger partial charge in [-0.1, -0.05) is 22.9 Å². The summed E-state index contributed by atoms with van der Waals surface area (Å²) in [5.74, 6) is 1.53. The fraction of sp³-hybridized carbons (Fsp3) is 0.571. The zero-order valence-electron chi connectivity index (χ0n) is 17.5. The summed E-state index contributed by atoms with van der Waals surface area (Å²) in [7, 11) is -3.50. The van der Waals surface area contributed by atoms with Gasteiger partial charge in [-0.3, -0.25) is 4.79 Å². The Hall–Kier alpha value is -2.26. The number of aryl methyl sites for hydroxylation is 2. The smallest absolute Gasteiger partial charge is 0.243 e. The maximum Gasteiger partial charge on any atom is 0.243 e. The van der Waals surface area contributed by atoms with Crippen LogP contribution in [0.1, 0.15) is 48.9 Å². The van der Waals surface area contributed by atoms with E-state index in [0.29, 0.717) is 55.6 Å². The number of carbonyl (C=O) groups excluding carboxylic acids is 1. The Morgan fingerprint density at radius 3 is 2.20 bits per heavy atom. The largest absolute Gasteiger partial charge is 0.342 e. The van der Waals surface area contributed by atoms with Crippen molar-refractivity contribution in [2.45, 2.75) is 50.3 Å². The molecule has 2 aliphatic heterocycles. The lowest BCUT2D eigenvalue weighted by Gasteiger charge is -2.36. The molecule has 0 spiro atoms. The van der Waals surface area contributed by atoms with Crippen molar-refractivity contribution < 1.29 is 17.7 Å². The lowest BCUT2D eigenvalue weighted by molar-refractivity contribution is -0.137. The first-order valence-electron chi connectivity index (χ1n) is 10.5. The van der Waals surface area contributed by atoms with Crippen LogP contribution in [-0.2, 0) is 14.8 Å². The first-order chi connectivity index (χ1) is 14.3. The van der Waals surface area contributed by atoms with Gasteiger partial charge in [0.2, 0.25) is 21.8 Å². The summed E-state index contributed by atoms with van der Waals surface area (Å²) < 4.78 is 32.5. The standard InChI is InChI=1S/C21H28N4O4S/c1-15-3-5-19(6-4-15)30(27,28)25-13-9-18(10-14-25)21(26)24-11-7-17(8-12-24)20-22-16(2)23-29-20/h3-6,17-18H,7-14H2,1-2H3. The Morgan fingerprint density at radius 1 is 1.00 bits per heavy atom. The first kappa shape index (κ1) is 21.0. The summed E-state index contributed by atoms with van der Waals surface area (Å²) in [5.41, 5.74) is 1.02. The molecular weight excluding hydrogens is 404 g/mol. The van der Waals surface area contributed by atoms with Crippen LogP contribution in [0.3, 0.4) is 0 Å². The molecule has 0 bridgehead atoms. The second kappa shape index (κ2) is 8.47. The van der Waals surface area contributed by atoms with Crippen molar-refractivity contribution in [3.05, 3.63) is 41.5 Å². The van der Waals surface area contributed by atoms with Gasteiger partial charge in [-0.15, -0.1) is 0 Å². The molecule has 1 aromatic carbocycles. The van der Waals surface area contributed by atoms with E-state index >= 15 is 0 Å². The fourth-order valence-corrected chi connectivity index (χ4v) is 5.76. The molecule has 0 atom stereocenters. The van der Waals surface area contributed by atoms with Crippen molar-refractivity contribution in [3.8, 4) is 0 Å². The van der Waals surface area contributed by atoms with Crippen molar-refractivity contribution in [1.82, 2.24) is 19.3 Å². The number of nitrogens with zero attached hydrogens (tertiary/aromatic N) is 4. The highest BCUT2D eigenvalue weighted by atomic mass is 32.2. The molecule has 1 amide bonds. The van der Waals surface area contributed by atoms with Crippen LogP contribution in [0.4, 0.5) is 0 Å². The van der Waals surface area contributed by atoms with Crippen LogP contribution >= 0.6 is 0 Å². The molecule has 2 aliphatic rings. The molecule has 9 heteroatoms. The number of piperidine rings is 2. The molecule has 4 rings (SSSR count). The number of rotatable bonds is 4. The molecule has 0 saturated carbocycles. The molecule has 30 heavy (non-hydrogen) atoms. The third-order valence-corrected chi connectivity index (χ3v) is 8.07. The van der Waals surface area contributed by atoms with E-state index in [1.165, 1.54) is 4.31 Å². The van der Waals surface area contributed by atoms with Crippen LogP contribution < -0.4 is 0 Å². The normalized spacial score (nSPS) is 19.9. The van der Waals surface area contributed by atoms with Gasteiger partial charge in [0.1, 0.15) is 0 Å². The van der Waals surface area contributed by atoms with Gasteiger partial charge in [0.05, 0.1) is 4.90 Å².